The number of non-ortho nitro benzene ring substituents is 1. The molecule has 0 bridgehead atoms. The Hall–Kier alpha value is -2.97. The molecule has 1 rings (SSSR count). The molecule has 1 aromatic carbocycles. The van der Waals surface area contributed by atoms with E-state index < -0.39 is 28.5 Å². The van der Waals surface area contributed by atoms with Crippen LogP contribution in [0.25, 0.3) is 0 Å². The van der Waals surface area contributed by atoms with Gasteiger partial charge in [-0.15, -0.1) is 0 Å². The van der Waals surface area contributed by atoms with Gasteiger partial charge in [-0.05, 0) is 26.8 Å². The number of aliphatic imine (C=N–C) groups is 1. The maximum absolute atomic E-state index is 12.0. The standard InChI is InChI=1S/C15H18N2O7/c1-4-23-14(19)9(3)13(15(20)24-5-2)16-11-7-6-10(17(21)22)8-12(11)18/h6-9,18H,4-5H2,1-3H3. The van der Waals surface area contributed by atoms with Crippen molar-refractivity contribution in [1.82, 2.24) is 0 Å². The lowest BCUT2D eigenvalue weighted by Crippen LogP contribution is -2.31. The molecule has 1 N–H and O–H groups in total. The first-order chi connectivity index (χ1) is 11.3. The Morgan fingerprint density at radius 2 is 1.92 bits per heavy atom. The molecule has 0 heterocycles. The van der Waals surface area contributed by atoms with Gasteiger partial charge in [0.15, 0.2) is 0 Å². The Bertz CT molecular complexity index is 670. The molecule has 24 heavy (non-hydrogen) atoms. The van der Waals surface area contributed by atoms with Crippen LogP contribution >= 0.6 is 0 Å². The van der Waals surface area contributed by atoms with Crippen LogP contribution in [0.2, 0.25) is 0 Å². The van der Waals surface area contributed by atoms with Gasteiger partial charge in [-0.2, -0.15) is 0 Å². The summed E-state index contributed by atoms with van der Waals surface area (Å²) in [4.78, 5) is 37.8. The van der Waals surface area contributed by atoms with Crippen LogP contribution in [0.1, 0.15) is 20.8 Å². The highest BCUT2D eigenvalue weighted by atomic mass is 16.6. The molecule has 1 aromatic rings. The molecule has 0 saturated heterocycles. The van der Waals surface area contributed by atoms with Gasteiger partial charge in [0, 0.05) is 6.07 Å². The molecule has 0 saturated carbocycles. The Labute approximate surface area is 138 Å². The van der Waals surface area contributed by atoms with E-state index in [1.54, 1.807) is 13.8 Å². The number of carbonyl (C=O) groups is 2. The van der Waals surface area contributed by atoms with E-state index in [4.69, 9.17) is 9.47 Å². The fourth-order valence-electron chi connectivity index (χ4n) is 1.75. The predicted octanol–water partition coefficient (Wildman–Crippen LogP) is 2.14. The number of esters is 2. The average Bonchev–Trinajstić information content (AvgIpc) is 2.53. The minimum absolute atomic E-state index is 0.0691. The normalized spacial score (nSPS) is 12.4. The van der Waals surface area contributed by atoms with Crippen molar-refractivity contribution in [2.24, 2.45) is 10.9 Å². The summed E-state index contributed by atoms with van der Waals surface area (Å²) in [7, 11) is 0. The highest BCUT2D eigenvalue weighted by Gasteiger charge is 2.28. The minimum atomic E-state index is -1.03. The van der Waals surface area contributed by atoms with E-state index in [-0.39, 0.29) is 30.3 Å². The van der Waals surface area contributed by atoms with Gasteiger partial charge in [0.1, 0.15) is 23.1 Å². The Kier molecular flexibility index (Phi) is 6.84. The lowest BCUT2D eigenvalue weighted by molar-refractivity contribution is -0.384. The minimum Gasteiger partial charge on any atom is -0.505 e. The second-order valence-electron chi connectivity index (χ2n) is 4.62. The predicted molar refractivity (Wildman–Crippen MR) is 84.3 cm³/mol. The maximum atomic E-state index is 12.0. The summed E-state index contributed by atoms with van der Waals surface area (Å²) < 4.78 is 9.71. The summed E-state index contributed by atoms with van der Waals surface area (Å²) in [6, 6.07) is 3.19. The van der Waals surface area contributed by atoms with Gasteiger partial charge in [0.25, 0.3) is 5.69 Å². The quantitative estimate of drug-likeness (QED) is 0.349. The van der Waals surface area contributed by atoms with Crippen molar-refractivity contribution in [2.75, 3.05) is 13.2 Å². The number of hydrogen-bond acceptors (Lipinski definition) is 8. The third-order valence-corrected chi connectivity index (χ3v) is 2.95. The van der Waals surface area contributed by atoms with Crippen LogP contribution < -0.4 is 0 Å². The SMILES string of the molecule is CCOC(=O)C(=Nc1ccc([N+](=O)[O-])cc1O)C(C)C(=O)OCC. The number of rotatable bonds is 7. The summed E-state index contributed by atoms with van der Waals surface area (Å²) in [6.07, 6.45) is 0. The molecule has 1 unspecified atom stereocenters. The number of benzene rings is 1. The van der Waals surface area contributed by atoms with E-state index in [2.05, 4.69) is 4.99 Å². The van der Waals surface area contributed by atoms with E-state index in [0.29, 0.717) is 0 Å². The van der Waals surface area contributed by atoms with E-state index in [1.807, 2.05) is 0 Å². The highest BCUT2D eigenvalue weighted by molar-refractivity contribution is 6.41. The van der Waals surface area contributed by atoms with Gasteiger partial charge < -0.3 is 14.6 Å². The first-order valence-electron chi connectivity index (χ1n) is 7.21. The number of aromatic hydroxyl groups is 1. The van der Waals surface area contributed by atoms with E-state index >= 15 is 0 Å². The molecule has 0 spiro atoms. The molecule has 0 aromatic heterocycles. The van der Waals surface area contributed by atoms with E-state index in [1.165, 1.54) is 13.0 Å². The van der Waals surface area contributed by atoms with Crippen molar-refractivity contribution >= 4 is 29.0 Å². The first kappa shape index (κ1) is 19.1. The molecule has 0 aliphatic rings. The van der Waals surface area contributed by atoms with Gasteiger partial charge in [-0.3, -0.25) is 14.9 Å². The fourth-order valence-corrected chi connectivity index (χ4v) is 1.75. The molecular formula is C15H18N2O7. The van der Waals surface area contributed by atoms with Gasteiger partial charge in [-0.1, -0.05) is 0 Å². The second-order valence-corrected chi connectivity index (χ2v) is 4.62. The van der Waals surface area contributed by atoms with Crippen LogP contribution in [-0.4, -0.2) is 40.9 Å². The number of nitrogens with zero attached hydrogens (tertiary/aromatic N) is 2. The lowest BCUT2D eigenvalue weighted by Gasteiger charge is -2.13. The smallest absolute Gasteiger partial charge is 0.353 e. The van der Waals surface area contributed by atoms with E-state index in [9.17, 15) is 24.8 Å². The average molecular weight is 338 g/mol. The second kappa shape index (κ2) is 8.61. The number of hydrogen-bond donors (Lipinski definition) is 1. The van der Waals surface area contributed by atoms with Crippen LogP contribution in [0, 0.1) is 16.0 Å². The van der Waals surface area contributed by atoms with Crippen LogP contribution in [0.4, 0.5) is 11.4 Å². The molecule has 9 nitrogen and oxygen atoms in total. The molecule has 0 aliphatic heterocycles. The third-order valence-electron chi connectivity index (χ3n) is 2.95. The molecule has 0 aliphatic carbocycles. The number of ether oxygens (including phenoxy) is 2. The summed E-state index contributed by atoms with van der Waals surface area (Å²) in [6.45, 7) is 4.82. The summed E-state index contributed by atoms with van der Waals surface area (Å²) >= 11 is 0. The van der Waals surface area contributed by atoms with E-state index in [0.717, 1.165) is 12.1 Å². The Balaban J connectivity index is 3.28. The number of phenols is 1. The zero-order valence-electron chi connectivity index (χ0n) is 13.5. The Morgan fingerprint density at radius 1 is 1.29 bits per heavy atom. The summed E-state index contributed by atoms with van der Waals surface area (Å²) in [5.74, 6) is -3.04. The first-order valence-corrected chi connectivity index (χ1v) is 7.21. The fraction of sp³-hybridized carbons (Fsp3) is 0.400. The van der Waals surface area contributed by atoms with Crippen LogP contribution in [0.3, 0.4) is 0 Å². The molecule has 1 atom stereocenters. The van der Waals surface area contributed by atoms with Crippen molar-refractivity contribution in [3.05, 3.63) is 28.3 Å². The Morgan fingerprint density at radius 3 is 2.42 bits per heavy atom. The number of nitro groups is 1. The number of carbonyl (C=O) groups excluding carboxylic acids is 2. The molecule has 0 fully saturated rings. The van der Waals surface area contributed by atoms with Crippen molar-refractivity contribution in [3.8, 4) is 5.75 Å². The van der Waals surface area contributed by atoms with Crippen molar-refractivity contribution in [2.45, 2.75) is 20.8 Å². The van der Waals surface area contributed by atoms with Crippen molar-refractivity contribution < 1.29 is 29.1 Å². The number of phenolic OH excluding ortho intramolecular Hbond substituents is 1. The van der Waals surface area contributed by atoms with Gasteiger partial charge >= 0.3 is 11.9 Å². The number of nitro benzene ring substituents is 1. The largest absolute Gasteiger partial charge is 0.505 e. The zero-order valence-corrected chi connectivity index (χ0v) is 13.5. The summed E-state index contributed by atoms with van der Waals surface area (Å²) in [5.41, 5.74) is -0.693. The zero-order chi connectivity index (χ0) is 18.3. The monoisotopic (exact) mass is 338 g/mol. The topological polar surface area (TPSA) is 128 Å². The van der Waals surface area contributed by atoms with Gasteiger partial charge in [-0.25, -0.2) is 9.79 Å². The van der Waals surface area contributed by atoms with Crippen LogP contribution in [-0.2, 0) is 19.1 Å². The highest BCUT2D eigenvalue weighted by Crippen LogP contribution is 2.31. The molecule has 130 valence electrons. The molecule has 9 heteroatoms. The maximum Gasteiger partial charge on any atom is 0.353 e. The van der Waals surface area contributed by atoms with Crippen LogP contribution in [0.5, 0.6) is 5.75 Å². The van der Waals surface area contributed by atoms with Crippen molar-refractivity contribution in [3.63, 3.8) is 0 Å². The molecular weight excluding hydrogens is 320 g/mol. The third kappa shape index (κ3) is 4.77. The van der Waals surface area contributed by atoms with Crippen LogP contribution in [0.15, 0.2) is 23.2 Å². The van der Waals surface area contributed by atoms with Crippen molar-refractivity contribution in [1.29, 1.82) is 0 Å². The summed E-state index contributed by atoms with van der Waals surface area (Å²) in [5, 5.41) is 20.5. The molecule has 0 amide bonds. The lowest BCUT2D eigenvalue weighted by atomic mass is 10.1. The van der Waals surface area contributed by atoms with Gasteiger partial charge in [0.05, 0.1) is 24.2 Å². The van der Waals surface area contributed by atoms with Gasteiger partial charge in [0.2, 0.25) is 0 Å². The molecule has 0 radical (unpaired) electrons.